The maximum Gasteiger partial charge on any atom is 0.472 e. The van der Waals surface area contributed by atoms with Crippen LogP contribution in [0.15, 0.2) is 109 Å². The van der Waals surface area contributed by atoms with Crippen LogP contribution in [-0.2, 0) is 55.8 Å². The molecule has 0 spiro atoms. The van der Waals surface area contributed by atoms with Crippen LogP contribution in [-0.4, -0.2) is 95.9 Å². The number of ether oxygens (including phenoxy) is 3. The van der Waals surface area contributed by atoms with Gasteiger partial charge in [0.05, 0.1) is 26.4 Å². The number of allylic oxidation sites excluding steroid dienone is 18. The molecule has 0 amide bonds. The van der Waals surface area contributed by atoms with Gasteiger partial charge < -0.3 is 34.2 Å². The fraction of sp³-hybridized carbons (Fsp3) is 0.720. The fourth-order valence-electron chi connectivity index (χ4n) is 9.49. The van der Waals surface area contributed by atoms with Gasteiger partial charge in [-0.15, -0.1) is 0 Å². The highest BCUT2D eigenvalue weighted by Gasteiger charge is 2.29. The molecular weight excluding hydrogens is 1220 g/mol. The van der Waals surface area contributed by atoms with Crippen molar-refractivity contribution in [3.05, 3.63) is 109 Å². The number of hydrogen-bond donors (Lipinski definition) is 4. The van der Waals surface area contributed by atoms with E-state index in [-0.39, 0.29) is 19.3 Å². The summed E-state index contributed by atoms with van der Waals surface area (Å²) in [5.41, 5.74) is 0. The minimum absolute atomic E-state index is 0.0919. The van der Waals surface area contributed by atoms with E-state index in [1.165, 1.54) is 64.2 Å². The number of rotatable bonds is 68. The summed E-state index contributed by atoms with van der Waals surface area (Å²) >= 11 is 0. The molecule has 0 bridgehead atoms. The third-order valence-corrected chi connectivity index (χ3v) is 16.9. The Kier molecular flexibility index (Phi) is 65.4. The Labute approximate surface area is 564 Å². The minimum atomic E-state index is -4.93. The van der Waals surface area contributed by atoms with Gasteiger partial charge in [-0.2, -0.15) is 0 Å². The van der Waals surface area contributed by atoms with Gasteiger partial charge in [0.1, 0.15) is 25.4 Å². The monoisotopic (exact) mass is 1350 g/mol. The van der Waals surface area contributed by atoms with E-state index in [1.807, 2.05) is 0 Å². The molecule has 0 rings (SSSR count). The zero-order valence-electron chi connectivity index (χ0n) is 58.1. The number of carbonyl (C=O) groups excluding carboxylic acids is 3. The first-order valence-corrected chi connectivity index (χ1v) is 39.2. The molecule has 0 aliphatic heterocycles. The van der Waals surface area contributed by atoms with E-state index in [0.717, 1.165) is 167 Å². The van der Waals surface area contributed by atoms with Gasteiger partial charge in [-0.1, -0.05) is 259 Å². The van der Waals surface area contributed by atoms with Crippen molar-refractivity contribution >= 4 is 33.6 Å². The second-order valence-corrected chi connectivity index (χ2v) is 26.9. The Balaban J connectivity index is 4.58. The highest BCUT2D eigenvalue weighted by atomic mass is 31.2. The lowest BCUT2D eigenvalue weighted by Gasteiger charge is -2.21. The molecule has 0 saturated heterocycles. The lowest BCUT2D eigenvalue weighted by Crippen LogP contribution is -2.30. The smallest absolute Gasteiger partial charge is 0.463 e. The van der Waals surface area contributed by atoms with Crippen LogP contribution in [0, 0.1) is 0 Å². The molecule has 0 aromatic heterocycles. The third-order valence-electron chi connectivity index (χ3n) is 15.0. The third kappa shape index (κ3) is 69.4. The Morgan fingerprint density at radius 1 is 0.312 bits per heavy atom. The molecule has 0 aromatic rings. The largest absolute Gasteiger partial charge is 0.472 e. The SMILES string of the molecule is CC/C=C\C/C=C\C/C=C\C/C=C\C/C=C\CCCCCCCCCCCC(=O)OCC(O)COP(=O)(O)OCC(O)COP(=O)(O)OCC(COC(=O)CCCCCCCCC/C=C\C/C=C\C/C=C\CC)OC(=O)CCCCCCC/C=C\CCCCCCCC. The first kappa shape index (κ1) is 89.2. The van der Waals surface area contributed by atoms with Crippen LogP contribution in [0.3, 0.4) is 0 Å². The summed E-state index contributed by atoms with van der Waals surface area (Å²) in [7, 11) is -9.79. The predicted octanol–water partition coefficient (Wildman–Crippen LogP) is 20.4. The zero-order chi connectivity index (χ0) is 68.1. The van der Waals surface area contributed by atoms with Crippen molar-refractivity contribution in [2.45, 2.75) is 309 Å². The molecule has 0 fully saturated rings. The molecule has 0 aliphatic carbocycles. The van der Waals surface area contributed by atoms with Crippen molar-refractivity contribution in [3.8, 4) is 0 Å². The van der Waals surface area contributed by atoms with Crippen molar-refractivity contribution < 1.29 is 75.8 Å². The summed E-state index contributed by atoms with van der Waals surface area (Å²) in [6.45, 7) is 2.43. The van der Waals surface area contributed by atoms with Gasteiger partial charge in [0.25, 0.3) is 0 Å². The lowest BCUT2D eigenvalue weighted by atomic mass is 10.1. The van der Waals surface area contributed by atoms with E-state index in [0.29, 0.717) is 19.3 Å². The molecule has 18 heteroatoms. The van der Waals surface area contributed by atoms with E-state index in [1.54, 1.807) is 0 Å². The van der Waals surface area contributed by atoms with E-state index < -0.39 is 91.5 Å². The summed E-state index contributed by atoms with van der Waals surface area (Å²) in [6, 6.07) is 0. The molecule has 536 valence electrons. The Morgan fingerprint density at radius 2 is 0.570 bits per heavy atom. The fourth-order valence-corrected chi connectivity index (χ4v) is 11.1. The Hall–Kier alpha value is -3.79. The van der Waals surface area contributed by atoms with Gasteiger partial charge in [0.2, 0.25) is 0 Å². The summed E-state index contributed by atoms with van der Waals surface area (Å²) in [6.07, 6.45) is 77.0. The molecule has 5 atom stereocenters. The maximum absolute atomic E-state index is 12.9. The van der Waals surface area contributed by atoms with Crippen LogP contribution in [0.2, 0.25) is 0 Å². The number of unbranched alkanes of at least 4 members (excludes halogenated alkanes) is 27. The molecule has 0 saturated carbocycles. The second-order valence-electron chi connectivity index (χ2n) is 24.0. The summed E-state index contributed by atoms with van der Waals surface area (Å²) < 4.78 is 61.0. The van der Waals surface area contributed by atoms with Gasteiger partial charge >= 0.3 is 33.6 Å². The van der Waals surface area contributed by atoms with Crippen molar-refractivity contribution in [2.24, 2.45) is 0 Å². The van der Waals surface area contributed by atoms with E-state index in [4.69, 9.17) is 32.3 Å². The van der Waals surface area contributed by atoms with Crippen LogP contribution in [0.25, 0.3) is 0 Å². The lowest BCUT2D eigenvalue weighted by molar-refractivity contribution is -0.161. The van der Waals surface area contributed by atoms with Crippen molar-refractivity contribution in [1.82, 2.24) is 0 Å². The van der Waals surface area contributed by atoms with E-state index in [9.17, 15) is 43.5 Å². The highest BCUT2D eigenvalue weighted by molar-refractivity contribution is 7.47. The number of hydrogen-bond acceptors (Lipinski definition) is 14. The molecule has 0 aliphatic rings. The first-order chi connectivity index (χ1) is 45.2. The number of phosphoric acid groups is 2. The van der Waals surface area contributed by atoms with E-state index in [2.05, 4.69) is 130 Å². The molecule has 93 heavy (non-hydrogen) atoms. The number of aliphatic hydroxyl groups excluding tert-OH is 2. The molecule has 0 heterocycles. The summed E-state index contributed by atoms with van der Waals surface area (Å²) in [4.78, 5) is 58.5. The van der Waals surface area contributed by atoms with Crippen LogP contribution in [0.5, 0.6) is 0 Å². The average Bonchev–Trinajstić information content (AvgIpc) is 2.84. The second kappa shape index (κ2) is 68.2. The summed E-state index contributed by atoms with van der Waals surface area (Å²) in [5, 5.41) is 20.6. The quantitative estimate of drug-likeness (QED) is 0.0146. The van der Waals surface area contributed by atoms with Crippen LogP contribution in [0.4, 0.5) is 0 Å². The number of phosphoric ester groups is 2. The predicted molar refractivity (Wildman–Crippen MR) is 380 cm³/mol. The number of aliphatic hydroxyl groups is 2. The van der Waals surface area contributed by atoms with Crippen LogP contribution in [0.1, 0.15) is 290 Å². The van der Waals surface area contributed by atoms with E-state index >= 15 is 0 Å². The number of carbonyl (C=O) groups is 3. The van der Waals surface area contributed by atoms with Gasteiger partial charge in [0, 0.05) is 19.3 Å². The standard InChI is InChI=1S/C75H130O16P2/c1-4-7-10-13-16-19-22-25-28-30-31-32-33-34-35-36-37-39-42-43-46-49-52-55-58-61-73(78)85-64-70(76)65-87-92(81,82)88-66-71(77)67-89-93(83,84)90-69-72(91-75(80)63-60-57-54-51-48-45-40-27-24-21-18-15-12-9-6-3)68-86-74(79)62-59-56-53-50-47-44-41-38-29-26-23-20-17-14-11-8-5-2/h7-8,10-11,16-17,19-20,25-29,31-32,34-35,40,70-72,76-77H,4-6,9,12-15,18,21-24,30,33,36-39,41-69H2,1-3H3,(H,81,82)(H,83,84)/b10-7-,11-8-,19-16-,20-17-,28-25-,29-26-,32-31-,35-34-,40-27-. The van der Waals surface area contributed by atoms with Crippen molar-refractivity contribution in [2.75, 3.05) is 39.6 Å². The molecule has 0 aromatic carbocycles. The van der Waals surface area contributed by atoms with Crippen molar-refractivity contribution in [1.29, 1.82) is 0 Å². The zero-order valence-corrected chi connectivity index (χ0v) is 59.9. The minimum Gasteiger partial charge on any atom is -0.463 e. The summed E-state index contributed by atoms with van der Waals surface area (Å²) in [5.74, 6) is -1.60. The maximum atomic E-state index is 12.9. The Morgan fingerprint density at radius 3 is 0.914 bits per heavy atom. The topological polar surface area (TPSA) is 231 Å². The normalized spacial score (nSPS) is 14.8. The van der Waals surface area contributed by atoms with Crippen LogP contribution >= 0.6 is 15.6 Å². The van der Waals surface area contributed by atoms with Crippen molar-refractivity contribution in [3.63, 3.8) is 0 Å². The van der Waals surface area contributed by atoms with Gasteiger partial charge in [-0.05, 0) is 122 Å². The Bertz CT molecular complexity index is 2130. The van der Waals surface area contributed by atoms with Gasteiger partial charge in [-0.3, -0.25) is 32.5 Å². The molecular formula is C75H130O16P2. The molecule has 5 unspecified atom stereocenters. The van der Waals surface area contributed by atoms with Gasteiger partial charge in [-0.25, -0.2) is 9.13 Å². The highest BCUT2D eigenvalue weighted by Crippen LogP contribution is 2.45. The van der Waals surface area contributed by atoms with Gasteiger partial charge in [0.15, 0.2) is 6.10 Å². The van der Waals surface area contributed by atoms with Crippen LogP contribution < -0.4 is 0 Å². The molecule has 0 radical (unpaired) electrons. The average molecular weight is 1350 g/mol. The first-order valence-electron chi connectivity index (χ1n) is 36.2. The molecule has 4 N–H and O–H groups in total. The number of esters is 3. The molecule has 16 nitrogen and oxygen atoms in total.